The number of benzene rings is 1. The molecule has 0 bridgehead atoms. The van der Waals surface area contributed by atoms with Gasteiger partial charge in [0.2, 0.25) is 0 Å². The molecule has 0 saturated carbocycles. The van der Waals surface area contributed by atoms with E-state index in [0.717, 1.165) is 30.4 Å². The van der Waals surface area contributed by atoms with Gasteiger partial charge in [0.1, 0.15) is 0 Å². The molecule has 0 aromatic heterocycles. The van der Waals surface area contributed by atoms with Gasteiger partial charge in [-0.1, -0.05) is 24.3 Å². The SMILES string of the molecule is COCC(O)CC1CCCc2ccccc2C1=O. The molecule has 1 aliphatic carbocycles. The molecule has 3 nitrogen and oxygen atoms in total. The van der Waals surface area contributed by atoms with E-state index in [0.29, 0.717) is 13.0 Å². The number of carbonyl (C=O) groups is 1. The molecule has 0 saturated heterocycles. The van der Waals surface area contributed by atoms with E-state index in [1.807, 2.05) is 24.3 Å². The summed E-state index contributed by atoms with van der Waals surface area (Å²) >= 11 is 0. The molecule has 18 heavy (non-hydrogen) atoms. The van der Waals surface area contributed by atoms with Crippen molar-refractivity contribution in [1.29, 1.82) is 0 Å². The largest absolute Gasteiger partial charge is 0.391 e. The zero-order valence-electron chi connectivity index (χ0n) is 10.8. The number of aryl methyl sites for hydroxylation is 1. The molecular weight excluding hydrogens is 228 g/mol. The summed E-state index contributed by atoms with van der Waals surface area (Å²) in [7, 11) is 1.56. The summed E-state index contributed by atoms with van der Waals surface area (Å²) in [4.78, 5) is 12.4. The van der Waals surface area contributed by atoms with Gasteiger partial charge in [-0.15, -0.1) is 0 Å². The van der Waals surface area contributed by atoms with Crippen LogP contribution in [0.15, 0.2) is 24.3 Å². The highest BCUT2D eigenvalue weighted by Gasteiger charge is 2.26. The van der Waals surface area contributed by atoms with Crippen molar-refractivity contribution in [3.05, 3.63) is 35.4 Å². The maximum absolute atomic E-state index is 12.4. The van der Waals surface area contributed by atoms with Gasteiger partial charge in [-0.2, -0.15) is 0 Å². The van der Waals surface area contributed by atoms with Gasteiger partial charge in [0.05, 0.1) is 12.7 Å². The van der Waals surface area contributed by atoms with Crippen LogP contribution in [0, 0.1) is 5.92 Å². The molecular formula is C15H20O3. The molecule has 1 aliphatic rings. The van der Waals surface area contributed by atoms with Crippen LogP contribution in [-0.4, -0.2) is 30.7 Å². The monoisotopic (exact) mass is 248 g/mol. The first kappa shape index (κ1) is 13.2. The minimum Gasteiger partial charge on any atom is -0.391 e. The van der Waals surface area contributed by atoms with Crippen LogP contribution in [0.3, 0.4) is 0 Å². The molecule has 2 atom stereocenters. The summed E-state index contributed by atoms with van der Waals surface area (Å²) < 4.78 is 4.92. The third-order valence-corrected chi connectivity index (χ3v) is 3.57. The minimum atomic E-state index is -0.547. The van der Waals surface area contributed by atoms with Gasteiger partial charge in [0.25, 0.3) is 0 Å². The van der Waals surface area contributed by atoms with E-state index in [1.54, 1.807) is 7.11 Å². The van der Waals surface area contributed by atoms with Gasteiger partial charge in [-0.25, -0.2) is 0 Å². The van der Waals surface area contributed by atoms with Crippen LogP contribution in [0.25, 0.3) is 0 Å². The number of hydrogen-bond donors (Lipinski definition) is 1. The quantitative estimate of drug-likeness (QED) is 0.831. The van der Waals surface area contributed by atoms with E-state index < -0.39 is 6.10 Å². The smallest absolute Gasteiger partial charge is 0.166 e. The van der Waals surface area contributed by atoms with E-state index in [4.69, 9.17) is 4.74 Å². The van der Waals surface area contributed by atoms with Crippen LogP contribution >= 0.6 is 0 Å². The van der Waals surface area contributed by atoms with Gasteiger partial charge >= 0.3 is 0 Å². The highest BCUT2D eigenvalue weighted by Crippen LogP contribution is 2.27. The maximum atomic E-state index is 12.4. The molecule has 1 aromatic rings. The lowest BCUT2D eigenvalue weighted by atomic mass is 9.90. The van der Waals surface area contributed by atoms with Crippen molar-refractivity contribution in [3.8, 4) is 0 Å². The zero-order valence-corrected chi connectivity index (χ0v) is 10.8. The number of rotatable bonds is 4. The molecule has 0 heterocycles. The van der Waals surface area contributed by atoms with Crippen LogP contribution in [0.1, 0.15) is 35.2 Å². The fourth-order valence-electron chi connectivity index (χ4n) is 2.68. The first-order valence-corrected chi connectivity index (χ1v) is 6.51. The van der Waals surface area contributed by atoms with E-state index >= 15 is 0 Å². The maximum Gasteiger partial charge on any atom is 0.166 e. The number of hydrogen-bond acceptors (Lipinski definition) is 3. The van der Waals surface area contributed by atoms with Crippen LogP contribution in [0.2, 0.25) is 0 Å². The number of methoxy groups -OCH3 is 1. The third-order valence-electron chi connectivity index (χ3n) is 3.57. The van der Waals surface area contributed by atoms with Crippen LogP contribution in [0.4, 0.5) is 0 Å². The Balaban J connectivity index is 2.12. The van der Waals surface area contributed by atoms with Gasteiger partial charge in [-0.05, 0) is 31.2 Å². The topological polar surface area (TPSA) is 46.5 Å². The molecule has 3 heteroatoms. The highest BCUT2D eigenvalue weighted by molar-refractivity contribution is 5.99. The fourth-order valence-corrected chi connectivity index (χ4v) is 2.68. The molecule has 98 valence electrons. The van der Waals surface area contributed by atoms with Crippen molar-refractivity contribution in [2.75, 3.05) is 13.7 Å². The van der Waals surface area contributed by atoms with Crippen molar-refractivity contribution in [2.45, 2.75) is 31.8 Å². The molecule has 2 unspecified atom stereocenters. The van der Waals surface area contributed by atoms with Gasteiger partial charge < -0.3 is 9.84 Å². The Morgan fingerprint density at radius 3 is 3.00 bits per heavy atom. The zero-order chi connectivity index (χ0) is 13.0. The van der Waals surface area contributed by atoms with Crippen molar-refractivity contribution < 1.29 is 14.6 Å². The lowest BCUT2D eigenvalue weighted by Gasteiger charge is -2.17. The lowest BCUT2D eigenvalue weighted by molar-refractivity contribution is 0.0447. The Morgan fingerprint density at radius 2 is 2.22 bits per heavy atom. The highest BCUT2D eigenvalue weighted by atomic mass is 16.5. The Morgan fingerprint density at radius 1 is 1.44 bits per heavy atom. The van der Waals surface area contributed by atoms with Crippen molar-refractivity contribution in [3.63, 3.8) is 0 Å². The second-order valence-electron chi connectivity index (χ2n) is 4.96. The molecule has 0 spiro atoms. The lowest BCUT2D eigenvalue weighted by Crippen LogP contribution is -2.23. The van der Waals surface area contributed by atoms with Crippen LogP contribution in [0.5, 0.6) is 0 Å². The van der Waals surface area contributed by atoms with Gasteiger partial charge in [-0.3, -0.25) is 4.79 Å². The summed E-state index contributed by atoms with van der Waals surface area (Å²) in [6, 6.07) is 7.82. The summed E-state index contributed by atoms with van der Waals surface area (Å²) in [5, 5.41) is 9.78. The van der Waals surface area contributed by atoms with Gasteiger partial charge in [0, 0.05) is 18.6 Å². The van der Waals surface area contributed by atoms with Crippen molar-refractivity contribution in [1.82, 2.24) is 0 Å². The number of carbonyl (C=O) groups excluding carboxylic acids is 1. The molecule has 0 fully saturated rings. The predicted molar refractivity (Wildman–Crippen MR) is 69.7 cm³/mol. The standard InChI is InChI=1S/C15H20O3/c1-18-10-13(16)9-12-7-4-6-11-5-2-3-8-14(11)15(12)17/h2-3,5,8,12-13,16H,4,6-7,9-10H2,1H3. The van der Waals surface area contributed by atoms with Crippen molar-refractivity contribution >= 4 is 5.78 Å². The molecule has 0 radical (unpaired) electrons. The van der Waals surface area contributed by atoms with E-state index in [-0.39, 0.29) is 11.7 Å². The summed E-state index contributed by atoms with van der Waals surface area (Å²) in [6.45, 7) is 0.297. The normalized spacial score (nSPS) is 21.2. The number of fused-ring (bicyclic) bond motifs is 1. The first-order valence-electron chi connectivity index (χ1n) is 6.51. The second-order valence-corrected chi connectivity index (χ2v) is 4.96. The Hall–Kier alpha value is -1.19. The second kappa shape index (κ2) is 6.12. The number of ether oxygens (including phenoxy) is 1. The van der Waals surface area contributed by atoms with Crippen molar-refractivity contribution in [2.24, 2.45) is 5.92 Å². The number of aliphatic hydroxyl groups is 1. The molecule has 0 aliphatic heterocycles. The molecule has 1 aromatic carbocycles. The average Bonchev–Trinajstić information content (AvgIpc) is 2.51. The molecule has 2 rings (SSSR count). The average molecular weight is 248 g/mol. The van der Waals surface area contributed by atoms with E-state index in [9.17, 15) is 9.90 Å². The summed E-state index contributed by atoms with van der Waals surface area (Å²) in [5.74, 6) is 0.108. The molecule has 0 amide bonds. The number of aliphatic hydroxyl groups excluding tert-OH is 1. The summed E-state index contributed by atoms with van der Waals surface area (Å²) in [5.41, 5.74) is 1.98. The first-order chi connectivity index (χ1) is 8.72. The Kier molecular flexibility index (Phi) is 4.50. The Bertz CT molecular complexity index is 414. The van der Waals surface area contributed by atoms with Gasteiger partial charge in [0.15, 0.2) is 5.78 Å². The third kappa shape index (κ3) is 2.98. The Labute approximate surface area is 108 Å². The number of ketones is 1. The fraction of sp³-hybridized carbons (Fsp3) is 0.533. The summed E-state index contributed by atoms with van der Waals surface area (Å²) in [6.07, 6.45) is 2.77. The van der Waals surface area contributed by atoms with Crippen LogP contribution in [-0.2, 0) is 11.2 Å². The minimum absolute atomic E-state index is 0.0706. The van der Waals surface area contributed by atoms with Crippen LogP contribution < -0.4 is 0 Å². The molecule has 1 N–H and O–H groups in total. The predicted octanol–water partition coefficient (Wildman–Crippen LogP) is 2.22. The number of Topliss-reactive ketones (excluding diaryl/α,β-unsaturated/α-hetero) is 1. The van der Waals surface area contributed by atoms with E-state index in [2.05, 4.69) is 0 Å². The van der Waals surface area contributed by atoms with E-state index in [1.165, 1.54) is 0 Å².